The van der Waals surface area contributed by atoms with E-state index in [9.17, 15) is 14.4 Å². The topological polar surface area (TPSA) is 83.3 Å². The van der Waals surface area contributed by atoms with Crippen LogP contribution in [0.15, 0.2) is 35.4 Å². The quantitative estimate of drug-likeness (QED) is 0.264. The fraction of sp³-hybridized carbons (Fsp3) is 0.381. The lowest BCUT2D eigenvalue weighted by atomic mass is 10.2. The Morgan fingerprint density at radius 2 is 1.69 bits per heavy atom. The molecule has 2 heterocycles. The first kappa shape index (κ1) is 22.5. The molecule has 2 rings (SSSR count). The van der Waals surface area contributed by atoms with Gasteiger partial charge in [0.15, 0.2) is 0 Å². The lowest BCUT2D eigenvalue weighted by Crippen LogP contribution is -2.10. The van der Waals surface area contributed by atoms with Gasteiger partial charge in [-0.2, -0.15) is 0 Å². The number of hydrogen-bond donors (Lipinski definition) is 0. The molecule has 2 aromatic rings. The molecule has 8 heteroatoms. The summed E-state index contributed by atoms with van der Waals surface area (Å²) in [6.45, 7) is 7.79. The standard InChI is InChI=1S/C21H25NO6S/c1-5-26-16(23)9-8-12-29-19-17(20(24)27-6-2)15-13-14(4)10-11-22(15)18(19)21(25)28-7-3/h8-11,13H,5-7,12H2,1-4H3/b9-8+. The summed E-state index contributed by atoms with van der Waals surface area (Å²) in [6.07, 6.45) is 4.68. The van der Waals surface area contributed by atoms with Crippen molar-refractivity contribution in [1.82, 2.24) is 4.40 Å². The molecular formula is C21H25NO6S. The molecule has 156 valence electrons. The molecule has 0 aliphatic rings. The van der Waals surface area contributed by atoms with Crippen molar-refractivity contribution >= 4 is 35.2 Å². The molecule has 0 bridgehead atoms. The van der Waals surface area contributed by atoms with Crippen molar-refractivity contribution < 1.29 is 28.6 Å². The van der Waals surface area contributed by atoms with Gasteiger partial charge in [0.2, 0.25) is 0 Å². The van der Waals surface area contributed by atoms with Crippen molar-refractivity contribution in [2.45, 2.75) is 32.6 Å². The Hall–Kier alpha value is -2.74. The van der Waals surface area contributed by atoms with Crippen molar-refractivity contribution in [3.05, 3.63) is 47.3 Å². The molecule has 0 aromatic carbocycles. The van der Waals surface area contributed by atoms with E-state index in [2.05, 4.69) is 0 Å². The third-order valence-electron chi connectivity index (χ3n) is 3.86. The van der Waals surface area contributed by atoms with Crippen LogP contribution < -0.4 is 0 Å². The molecule has 0 fully saturated rings. The molecule has 0 radical (unpaired) electrons. The highest BCUT2D eigenvalue weighted by Gasteiger charge is 2.29. The first-order valence-electron chi connectivity index (χ1n) is 9.39. The summed E-state index contributed by atoms with van der Waals surface area (Å²) in [5, 5.41) is 0. The lowest BCUT2D eigenvalue weighted by molar-refractivity contribution is -0.137. The number of carbonyl (C=O) groups is 3. The summed E-state index contributed by atoms with van der Waals surface area (Å²) in [4.78, 5) is 37.3. The van der Waals surface area contributed by atoms with Gasteiger partial charge < -0.3 is 18.6 Å². The lowest BCUT2D eigenvalue weighted by Gasteiger charge is -2.06. The summed E-state index contributed by atoms with van der Waals surface area (Å²) in [5.74, 6) is -1.13. The van der Waals surface area contributed by atoms with Crippen LogP contribution in [0.2, 0.25) is 0 Å². The van der Waals surface area contributed by atoms with E-state index < -0.39 is 17.9 Å². The Kier molecular flexibility index (Phi) is 8.33. The molecule has 29 heavy (non-hydrogen) atoms. The van der Waals surface area contributed by atoms with Gasteiger partial charge in [0, 0.05) is 18.0 Å². The second-order valence-electron chi connectivity index (χ2n) is 5.92. The van der Waals surface area contributed by atoms with E-state index in [1.54, 1.807) is 37.4 Å². The van der Waals surface area contributed by atoms with Crippen LogP contribution in [-0.2, 0) is 19.0 Å². The Morgan fingerprint density at radius 1 is 1.03 bits per heavy atom. The Morgan fingerprint density at radius 3 is 2.34 bits per heavy atom. The van der Waals surface area contributed by atoms with Gasteiger partial charge in [0.05, 0.1) is 35.8 Å². The highest BCUT2D eigenvalue weighted by molar-refractivity contribution is 7.99. The Balaban J connectivity index is 2.54. The second kappa shape index (κ2) is 10.7. The van der Waals surface area contributed by atoms with Crippen LogP contribution in [0.1, 0.15) is 47.2 Å². The number of rotatable bonds is 9. The van der Waals surface area contributed by atoms with Gasteiger partial charge in [-0.25, -0.2) is 14.4 Å². The van der Waals surface area contributed by atoms with E-state index in [4.69, 9.17) is 14.2 Å². The molecule has 2 aromatic heterocycles. The molecule has 0 N–H and O–H groups in total. The number of pyridine rings is 1. The third-order valence-corrected chi connectivity index (χ3v) is 4.91. The fourth-order valence-corrected chi connectivity index (χ4v) is 3.74. The number of esters is 3. The highest BCUT2D eigenvalue weighted by atomic mass is 32.2. The molecule has 0 spiro atoms. The number of thioether (sulfide) groups is 1. The minimum absolute atomic E-state index is 0.208. The van der Waals surface area contributed by atoms with E-state index >= 15 is 0 Å². The Labute approximate surface area is 174 Å². The highest BCUT2D eigenvalue weighted by Crippen LogP contribution is 2.34. The van der Waals surface area contributed by atoms with E-state index in [1.165, 1.54) is 17.8 Å². The summed E-state index contributed by atoms with van der Waals surface area (Å²) in [6, 6.07) is 3.67. The second-order valence-corrected chi connectivity index (χ2v) is 6.95. The van der Waals surface area contributed by atoms with E-state index in [0.29, 0.717) is 28.3 Å². The van der Waals surface area contributed by atoms with E-state index in [0.717, 1.165) is 5.56 Å². The first-order chi connectivity index (χ1) is 13.9. The van der Waals surface area contributed by atoms with Crippen LogP contribution in [0.4, 0.5) is 0 Å². The molecule has 0 aliphatic heterocycles. The van der Waals surface area contributed by atoms with Gasteiger partial charge in [-0.3, -0.25) is 0 Å². The first-order valence-corrected chi connectivity index (χ1v) is 10.4. The van der Waals surface area contributed by atoms with Crippen molar-refractivity contribution in [3.8, 4) is 0 Å². The predicted octanol–water partition coefficient (Wildman–Crippen LogP) is 3.81. The van der Waals surface area contributed by atoms with Crippen LogP contribution >= 0.6 is 11.8 Å². The van der Waals surface area contributed by atoms with Crippen molar-refractivity contribution in [3.63, 3.8) is 0 Å². The molecule has 0 saturated carbocycles. The maximum atomic E-state index is 12.7. The molecule has 0 atom stereocenters. The van der Waals surface area contributed by atoms with Gasteiger partial charge in [-0.05, 0) is 45.4 Å². The van der Waals surface area contributed by atoms with Crippen LogP contribution in [0.3, 0.4) is 0 Å². The summed E-state index contributed by atoms with van der Waals surface area (Å²) in [7, 11) is 0. The van der Waals surface area contributed by atoms with Gasteiger partial charge in [-0.15, -0.1) is 11.8 Å². The number of carbonyl (C=O) groups excluding carboxylic acids is 3. The van der Waals surface area contributed by atoms with Crippen molar-refractivity contribution in [2.24, 2.45) is 0 Å². The van der Waals surface area contributed by atoms with Gasteiger partial charge in [0.25, 0.3) is 0 Å². The zero-order chi connectivity index (χ0) is 21.4. The summed E-state index contributed by atoms with van der Waals surface area (Å²) < 4.78 is 17.0. The zero-order valence-electron chi connectivity index (χ0n) is 17.0. The SMILES string of the molecule is CCOC(=O)/C=C/CSc1c(C(=O)OCC)c2cc(C)ccn2c1C(=O)OCC. The average molecular weight is 419 g/mol. The molecule has 7 nitrogen and oxygen atoms in total. The van der Waals surface area contributed by atoms with Gasteiger partial charge in [-0.1, -0.05) is 6.08 Å². The van der Waals surface area contributed by atoms with Crippen molar-refractivity contribution in [1.29, 1.82) is 0 Å². The number of aromatic nitrogens is 1. The van der Waals surface area contributed by atoms with Crippen LogP contribution in [0, 0.1) is 6.92 Å². The van der Waals surface area contributed by atoms with E-state index in [1.807, 2.05) is 19.1 Å². The Bertz CT molecular complexity index is 931. The van der Waals surface area contributed by atoms with Crippen LogP contribution in [-0.4, -0.2) is 47.9 Å². The number of aryl methyl sites for hydroxylation is 1. The number of nitrogens with zero attached hydrogens (tertiary/aromatic N) is 1. The monoisotopic (exact) mass is 419 g/mol. The predicted molar refractivity (Wildman–Crippen MR) is 111 cm³/mol. The number of ether oxygens (including phenoxy) is 3. The third kappa shape index (κ3) is 5.41. The smallest absolute Gasteiger partial charge is 0.356 e. The minimum atomic E-state index is -0.529. The molecule has 0 aliphatic carbocycles. The fourth-order valence-electron chi connectivity index (χ4n) is 2.74. The minimum Gasteiger partial charge on any atom is -0.463 e. The van der Waals surface area contributed by atoms with Gasteiger partial charge in [0.1, 0.15) is 5.69 Å². The molecule has 0 amide bonds. The normalized spacial score (nSPS) is 11.0. The maximum absolute atomic E-state index is 12.7. The van der Waals surface area contributed by atoms with Crippen LogP contribution in [0.5, 0.6) is 0 Å². The van der Waals surface area contributed by atoms with E-state index in [-0.39, 0.29) is 18.9 Å². The number of fused-ring (bicyclic) bond motifs is 1. The number of hydrogen-bond acceptors (Lipinski definition) is 7. The zero-order valence-corrected chi connectivity index (χ0v) is 17.8. The molecule has 0 saturated heterocycles. The van der Waals surface area contributed by atoms with Crippen molar-refractivity contribution in [2.75, 3.05) is 25.6 Å². The summed E-state index contributed by atoms with van der Waals surface area (Å²) >= 11 is 1.26. The molecule has 0 unspecified atom stereocenters. The average Bonchev–Trinajstić information content (AvgIpc) is 2.99. The largest absolute Gasteiger partial charge is 0.463 e. The van der Waals surface area contributed by atoms with Crippen LogP contribution in [0.25, 0.3) is 5.52 Å². The maximum Gasteiger partial charge on any atom is 0.356 e. The van der Waals surface area contributed by atoms with Gasteiger partial charge >= 0.3 is 17.9 Å². The summed E-state index contributed by atoms with van der Waals surface area (Å²) in [5.41, 5.74) is 2.09. The molecular weight excluding hydrogens is 394 g/mol.